The third kappa shape index (κ3) is 3.50. The zero-order valence-corrected chi connectivity index (χ0v) is 16.2. The predicted molar refractivity (Wildman–Crippen MR) is 106 cm³/mol. The summed E-state index contributed by atoms with van der Waals surface area (Å²) < 4.78 is 5.65. The molecule has 7 nitrogen and oxygen atoms in total. The van der Waals surface area contributed by atoms with Gasteiger partial charge in [0, 0.05) is 29.1 Å². The molecule has 1 atom stereocenters. The lowest BCUT2D eigenvalue weighted by atomic mass is 10.1. The molecule has 0 saturated carbocycles. The molecule has 0 radical (unpaired) electrons. The lowest BCUT2D eigenvalue weighted by Gasteiger charge is -2.30. The van der Waals surface area contributed by atoms with Gasteiger partial charge in [-0.05, 0) is 25.1 Å². The van der Waals surface area contributed by atoms with Crippen LogP contribution < -0.4 is 15.9 Å². The summed E-state index contributed by atoms with van der Waals surface area (Å²) >= 11 is 0. The molecule has 1 aliphatic rings. The molecule has 4 N–H and O–H groups in total. The summed E-state index contributed by atoms with van der Waals surface area (Å²) in [6.07, 6.45) is 1.70. The number of fused-ring (bicyclic) bond motifs is 1. The van der Waals surface area contributed by atoms with E-state index in [-0.39, 0.29) is 16.0 Å². The molecule has 2 heterocycles. The molecule has 27 heavy (non-hydrogen) atoms. The number of nitrogens with two attached hydrogens (primary N) is 1. The number of ether oxygens (including phenoxy) is 1. The Morgan fingerprint density at radius 1 is 1.37 bits per heavy atom. The van der Waals surface area contributed by atoms with E-state index in [1.54, 1.807) is 6.20 Å². The van der Waals surface area contributed by atoms with Gasteiger partial charge in [0.2, 0.25) is 0 Å². The number of hydrogen-bond donors (Lipinski definition) is 3. The average molecular weight is 368 g/mol. The molecule has 0 saturated heterocycles. The number of benzene rings is 1. The monoisotopic (exact) mass is 368 g/mol. The van der Waals surface area contributed by atoms with Gasteiger partial charge in [0.1, 0.15) is 18.0 Å². The molecular weight excluding hydrogens is 342 g/mol. The molecule has 1 aromatic carbocycles. The minimum Gasteiger partial charge on any atom is -0.494 e. The van der Waals surface area contributed by atoms with Crippen molar-refractivity contribution >= 4 is 28.3 Å². The molecule has 1 aliphatic heterocycles. The van der Waals surface area contributed by atoms with E-state index >= 15 is 0 Å². The Balaban J connectivity index is 2.06. The zero-order valence-electron chi connectivity index (χ0n) is 16.2. The second-order valence-corrected chi connectivity index (χ2v) is 7.35. The number of nitrogens with zero attached hydrogens (tertiary/aromatic N) is 2. The number of nitrogens with one attached hydrogen (secondary N) is 2. The number of quaternary nitrogens is 1. The number of hydrogen-bond acceptors (Lipinski definition) is 5. The van der Waals surface area contributed by atoms with Crippen molar-refractivity contribution in [2.75, 3.05) is 20.2 Å². The summed E-state index contributed by atoms with van der Waals surface area (Å²) in [5.41, 5.74) is 11.2. The number of primary amides is 1. The van der Waals surface area contributed by atoms with Gasteiger partial charge < -0.3 is 10.5 Å². The van der Waals surface area contributed by atoms with E-state index in [1.165, 1.54) is 0 Å². The highest BCUT2D eigenvalue weighted by Gasteiger charge is 2.44. The SMILES string of the molecule is CCOc1ccc2cc(C3=C(C(N)=O)C(=N)[N+](C)(CC(C)C)N3)cnc2c1. The zero-order chi connectivity index (χ0) is 19.8. The van der Waals surface area contributed by atoms with Gasteiger partial charge >= 0.3 is 0 Å². The molecule has 0 aliphatic carbocycles. The van der Waals surface area contributed by atoms with Crippen molar-refractivity contribution in [1.29, 1.82) is 5.41 Å². The molecule has 1 unspecified atom stereocenters. The third-order valence-electron chi connectivity index (χ3n) is 4.57. The third-order valence-corrected chi connectivity index (χ3v) is 4.57. The summed E-state index contributed by atoms with van der Waals surface area (Å²) in [5.74, 6) is 0.671. The normalized spacial score (nSPS) is 19.7. The van der Waals surface area contributed by atoms with Gasteiger partial charge in [-0.15, -0.1) is 0 Å². The Labute approximate surface area is 158 Å². The Morgan fingerprint density at radius 2 is 2.11 bits per heavy atom. The van der Waals surface area contributed by atoms with Crippen molar-refractivity contribution in [3.05, 3.63) is 41.6 Å². The van der Waals surface area contributed by atoms with Crippen molar-refractivity contribution in [2.45, 2.75) is 20.8 Å². The first-order valence-corrected chi connectivity index (χ1v) is 9.05. The Hall–Kier alpha value is -2.93. The van der Waals surface area contributed by atoms with E-state index in [0.717, 1.165) is 22.2 Å². The number of carbonyl (C=O) groups excluding carboxylic acids is 1. The van der Waals surface area contributed by atoms with Crippen molar-refractivity contribution < 1.29 is 14.1 Å². The van der Waals surface area contributed by atoms with Crippen LogP contribution in [0.3, 0.4) is 0 Å². The fourth-order valence-electron chi connectivity index (χ4n) is 3.53. The first-order valence-electron chi connectivity index (χ1n) is 9.05. The Morgan fingerprint density at radius 3 is 2.74 bits per heavy atom. The smallest absolute Gasteiger partial charge is 0.260 e. The summed E-state index contributed by atoms with van der Waals surface area (Å²) in [4.78, 5) is 16.6. The van der Waals surface area contributed by atoms with Gasteiger partial charge in [0.05, 0.1) is 19.2 Å². The Kier molecular flexibility index (Phi) is 4.89. The van der Waals surface area contributed by atoms with E-state index in [0.29, 0.717) is 24.8 Å². The van der Waals surface area contributed by atoms with Crippen molar-refractivity contribution in [2.24, 2.45) is 11.7 Å². The maximum Gasteiger partial charge on any atom is 0.260 e. The second kappa shape index (κ2) is 7.00. The van der Waals surface area contributed by atoms with Crippen LogP contribution >= 0.6 is 0 Å². The van der Waals surface area contributed by atoms with Crippen LogP contribution in [0.5, 0.6) is 5.75 Å². The molecule has 3 rings (SSSR count). The number of aromatic nitrogens is 1. The number of likely N-dealkylation sites (N-methyl/N-ethyl adjacent to an activating group) is 1. The largest absolute Gasteiger partial charge is 0.494 e. The molecule has 0 bridgehead atoms. The lowest BCUT2D eigenvalue weighted by Crippen LogP contribution is -2.56. The minimum atomic E-state index is -0.611. The van der Waals surface area contributed by atoms with Crippen LogP contribution in [0.2, 0.25) is 0 Å². The molecule has 2 aromatic rings. The number of rotatable bonds is 6. The molecule has 1 amide bonds. The standard InChI is InChI=1S/C20H25N5O2/c1-5-27-15-7-6-13-8-14(10-23-16(13)9-15)18-17(20(22)26)19(21)25(4,24-18)11-12(2)3/h6-10,12H,5,11H2,1-4H3,(H3-,21,22,24,26)/p+1. The van der Waals surface area contributed by atoms with Crippen LogP contribution in [0.25, 0.3) is 16.6 Å². The van der Waals surface area contributed by atoms with Gasteiger partial charge in [-0.2, -0.15) is 4.59 Å². The van der Waals surface area contributed by atoms with Gasteiger partial charge in [-0.1, -0.05) is 13.8 Å². The number of amides is 1. The quantitative estimate of drug-likeness (QED) is 0.682. The van der Waals surface area contributed by atoms with Crippen LogP contribution in [-0.4, -0.2) is 41.5 Å². The lowest BCUT2D eigenvalue weighted by molar-refractivity contribution is -0.858. The summed E-state index contributed by atoms with van der Waals surface area (Å²) in [7, 11) is 1.88. The van der Waals surface area contributed by atoms with Gasteiger partial charge in [0.25, 0.3) is 11.7 Å². The van der Waals surface area contributed by atoms with Crippen LogP contribution in [0.15, 0.2) is 36.0 Å². The fourth-order valence-corrected chi connectivity index (χ4v) is 3.53. The van der Waals surface area contributed by atoms with E-state index < -0.39 is 5.91 Å². The van der Waals surface area contributed by atoms with Crippen LogP contribution in [0, 0.1) is 11.3 Å². The second-order valence-electron chi connectivity index (χ2n) is 7.35. The summed E-state index contributed by atoms with van der Waals surface area (Å²) in [6, 6.07) is 7.66. The van der Waals surface area contributed by atoms with E-state index in [4.69, 9.17) is 15.9 Å². The van der Waals surface area contributed by atoms with Gasteiger partial charge in [-0.25, -0.2) is 10.8 Å². The van der Waals surface area contributed by atoms with E-state index in [9.17, 15) is 4.79 Å². The summed E-state index contributed by atoms with van der Waals surface area (Å²) in [5, 5.41) is 9.44. The first kappa shape index (κ1) is 18.8. The molecule has 1 aromatic heterocycles. The van der Waals surface area contributed by atoms with Crippen LogP contribution in [0.1, 0.15) is 26.3 Å². The molecule has 7 heteroatoms. The highest BCUT2D eigenvalue weighted by atomic mass is 16.5. The van der Waals surface area contributed by atoms with E-state index in [2.05, 4.69) is 24.3 Å². The molecule has 0 spiro atoms. The highest BCUT2D eigenvalue weighted by molar-refractivity contribution is 6.23. The van der Waals surface area contributed by atoms with Crippen LogP contribution in [-0.2, 0) is 4.79 Å². The average Bonchev–Trinajstić information content (AvgIpc) is 2.85. The van der Waals surface area contributed by atoms with Crippen LogP contribution in [0.4, 0.5) is 0 Å². The van der Waals surface area contributed by atoms with Gasteiger partial charge in [-0.3, -0.25) is 9.78 Å². The number of pyridine rings is 1. The molecule has 142 valence electrons. The maximum atomic E-state index is 12.1. The molecular formula is C20H26N5O2+. The minimum absolute atomic E-state index is 0.132. The van der Waals surface area contributed by atoms with Crippen molar-refractivity contribution in [3.8, 4) is 5.75 Å². The maximum absolute atomic E-state index is 12.1. The number of carbonyl (C=O) groups is 1. The topological polar surface area (TPSA) is 101 Å². The number of amidine groups is 1. The van der Waals surface area contributed by atoms with Gasteiger partial charge in [0.15, 0.2) is 5.57 Å². The van der Waals surface area contributed by atoms with E-state index in [1.807, 2.05) is 38.2 Å². The molecule has 0 fully saturated rings. The highest BCUT2D eigenvalue weighted by Crippen LogP contribution is 2.30. The predicted octanol–water partition coefficient (Wildman–Crippen LogP) is 2.43. The summed E-state index contributed by atoms with van der Waals surface area (Å²) in [6.45, 7) is 7.35. The first-order chi connectivity index (χ1) is 12.7. The van der Waals surface area contributed by atoms with Crippen molar-refractivity contribution in [3.63, 3.8) is 0 Å². The Bertz CT molecular complexity index is 951. The van der Waals surface area contributed by atoms with Crippen molar-refractivity contribution in [1.82, 2.24) is 10.4 Å². The fraction of sp³-hybridized carbons (Fsp3) is 0.350.